The lowest BCUT2D eigenvalue weighted by molar-refractivity contribution is -0.137. The van der Waals surface area contributed by atoms with Crippen LogP contribution in [0.2, 0.25) is 0 Å². The Kier molecular flexibility index (Phi) is 7.36. The number of carbonyl (C=O) groups excluding carboxylic acids is 1. The van der Waals surface area contributed by atoms with Gasteiger partial charge in [-0.15, -0.1) is 0 Å². The topological polar surface area (TPSA) is 111 Å². The highest BCUT2D eigenvalue weighted by molar-refractivity contribution is 6.08. The minimum Gasteiger partial charge on any atom is -0.495 e. The second-order valence-electron chi connectivity index (χ2n) is 10.8. The van der Waals surface area contributed by atoms with Crippen molar-refractivity contribution < 1.29 is 22.7 Å². The van der Waals surface area contributed by atoms with E-state index in [0.29, 0.717) is 52.1 Å². The molecule has 2 aromatic heterocycles. The van der Waals surface area contributed by atoms with E-state index in [2.05, 4.69) is 20.4 Å². The Morgan fingerprint density at radius 1 is 1.05 bits per heavy atom. The van der Waals surface area contributed by atoms with E-state index in [9.17, 15) is 18.0 Å². The van der Waals surface area contributed by atoms with E-state index in [-0.39, 0.29) is 17.2 Å². The number of rotatable bonds is 6. The highest BCUT2D eigenvalue weighted by Gasteiger charge is 2.32. The number of fused-ring (bicyclic) bond motifs is 1. The molecule has 3 N–H and O–H groups in total. The average molecular weight is 602 g/mol. The van der Waals surface area contributed by atoms with Gasteiger partial charge in [-0.3, -0.25) is 9.48 Å². The molecule has 12 heteroatoms. The molecule has 1 saturated heterocycles. The predicted molar refractivity (Wildman–Crippen MR) is 164 cm³/mol. The molecule has 3 heterocycles. The third kappa shape index (κ3) is 5.38. The van der Waals surface area contributed by atoms with E-state index in [0.717, 1.165) is 36.1 Å². The number of ether oxygens (including phenoxy) is 1. The SMILES string of the molecule is COc1c(-c2cc(C(=O)Nc3cc(C(F)(F)F)ccc3N3CCCC3)ccc2C)cc2cnc(N)nc2c1-c1cnn(C)c1. The number of methoxy groups -OCH3 is 1. The van der Waals surface area contributed by atoms with Crippen molar-refractivity contribution in [2.45, 2.75) is 25.9 Å². The van der Waals surface area contributed by atoms with Crippen molar-refractivity contribution in [3.63, 3.8) is 0 Å². The highest BCUT2D eigenvalue weighted by atomic mass is 19.4. The molecular weight excluding hydrogens is 571 g/mol. The first kappa shape index (κ1) is 29.0. The van der Waals surface area contributed by atoms with E-state index in [1.807, 2.05) is 24.1 Å². The van der Waals surface area contributed by atoms with Crippen LogP contribution in [0.1, 0.15) is 34.3 Å². The minimum absolute atomic E-state index is 0.107. The minimum atomic E-state index is -4.55. The van der Waals surface area contributed by atoms with Crippen LogP contribution >= 0.6 is 0 Å². The molecule has 3 aromatic carbocycles. The molecule has 1 aliphatic heterocycles. The Morgan fingerprint density at radius 2 is 1.82 bits per heavy atom. The van der Waals surface area contributed by atoms with Gasteiger partial charge in [0.1, 0.15) is 5.75 Å². The first-order valence-corrected chi connectivity index (χ1v) is 14.0. The monoisotopic (exact) mass is 601 g/mol. The molecular formula is C32H30F3N7O2. The lowest BCUT2D eigenvalue weighted by atomic mass is 9.92. The molecule has 0 aliphatic carbocycles. The van der Waals surface area contributed by atoms with Crippen LogP contribution in [0.15, 0.2) is 61.1 Å². The smallest absolute Gasteiger partial charge is 0.416 e. The van der Waals surface area contributed by atoms with E-state index in [4.69, 9.17) is 10.5 Å². The first-order valence-electron chi connectivity index (χ1n) is 14.0. The lowest BCUT2D eigenvalue weighted by Crippen LogP contribution is -2.22. The summed E-state index contributed by atoms with van der Waals surface area (Å²) >= 11 is 0. The van der Waals surface area contributed by atoms with Gasteiger partial charge in [-0.1, -0.05) is 6.07 Å². The van der Waals surface area contributed by atoms with Gasteiger partial charge in [-0.25, -0.2) is 9.97 Å². The Bertz CT molecular complexity index is 1900. The van der Waals surface area contributed by atoms with Crippen molar-refractivity contribution in [2.24, 2.45) is 7.05 Å². The summed E-state index contributed by atoms with van der Waals surface area (Å²) in [7, 11) is 3.35. The number of nitrogens with one attached hydrogen (secondary N) is 1. The molecule has 44 heavy (non-hydrogen) atoms. The van der Waals surface area contributed by atoms with E-state index < -0.39 is 17.6 Å². The number of hydrogen-bond donors (Lipinski definition) is 2. The molecule has 1 amide bonds. The number of aromatic nitrogens is 4. The number of halogens is 3. The number of anilines is 3. The molecule has 1 fully saturated rings. The highest BCUT2D eigenvalue weighted by Crippen LogP contribution is 2.45. The van der Waals surface area contributed by atoms with Gasteiger partial charge in [0, 0.05) is 54.6 Å². The summed E-state index contributed by atoms with van der Waals surface area (Å²) < 4.78 is 48.5. The maximum Gasteiger partial charge on any atom is 0.416 e. The Morgan fingerprint density at radius 3 is 2.50 bits per heavy atom. The number of carbonyl (C=O) groups is 1. The number of nitrogens with two attached hydrogens (primary N) is 1. The number of amides is 1. The lowest BCUT2D eigenvalue weighted by Gasteiger charge is -2.23. The number of alkyl halides is 3. The molecule has 5 aromatic rings. The second-order valence-corrected chi connectivity index (χ2v) is 10.8. The van der Waals surface area contributed by atoms with Crippen LogP contribution in [0, 0.1) is 6.92 Å². The summed E-state index contributed by atoms with van der Waals surface area (Å²) in [5.41, 5.74) is 10.3. The maximum absolute atomic E-state index is 13.6. The fraction of sp³-hybridized carbons (Fsp3) is 0.250. The summed E-state index contributed by atoms with van der Waals surface area (Å²) in [6, 6.07) is 10.5. The summed E-state index contributed by atoms with van der Waals surface area (Å²) in [6.45, 7) is 3.32. The van der Waals surface area contributed by atoms with Crippen molar-refractivity contribution in [3.05, 3.63) is 77.7 Å². The van der Waals surface area contributed by atoms with Crippen LogP contribution in [0.5, 0.6) is 5.75 Å². The van der Waals surface area contributed by atoms with Crippen molar-refractivity contribution in [3.8, 4) is 28.0 Å². The van der Waals surface area contributed by atoms with Crippen molar-refractivity contribution in [1.29, 1.82) is 0 Å². The van der Waals surface area contributed by atoms with E-state index in [1.165, 1.54) is 6.07 Å². The molecule has 9 nitrogen and oxygen atoms in total. The van der Waals surface area contributed by atoms with Crippen molar-refractivity contribution in [1.82, 2.24) is 19.7 Å². The maximum atomic E-state index is 13.6. The van der Waals surface area contributed by atoms with Gasteiger partial charge in [0.25, 0.3) is 5.91 Å². The Labute approximate surface area is 251 Å². The zero-order valence-electron chi connectivity index (χ0n) is 24.4. The standard InChI is InChI=1S/C32H30F3N7O2/c1-18-6-7-19(30(43)39-25-14-22(32(33,34)35)8-9-26(25)42-10-4-5-11-42)12-23(18)24-13-20-15-37-31(36)40-28(20)27(29(24)44-3)21-16-38-41(2)17-21/h6-9,12-17H,4-5,10-11H2,1-3H3,(H,39,43)(H2,36,37,40). The molecule has 0 bridgehead atoms. The Hall–Kier alpha value is -5.13. The zero-order chi connectivity index (χ0) is 31.2. The molecule has 0 spiro atoms. The zero-order valence-corrected chi connectivity index (χ0v) is 24.4. The van der Waals surface area contributed by atoms with E-state index >= 15 is 0 Å². The normalized spacial score (nSPS) is 13.5. The van der Waals surface area contributed by atoms with Crippen LogP contribution in [0.25, 0.3) is 33.2 Å². The predicted octanol–water partition coefficient (Wildman–Crippen LogP) is 6.47. The van der Waals surface area contributed by atoms with Gasteiger partial charge in [-0.2, -0.15) is 18.3 Å². The third-order valence-corrected chi connectivity index (χ3v) is 7.85. The van der Waals surface area contributed by atoms with Gasteiger partial charge in [-0.05, 0) is 67.3 Å². The summed E-state index contributed by atoms with van der Waals surface area (Å²) in [6.07, 6.45) is 2.48. The van der Waals surface area contributed by atoms with Crippen LogP contribution in [0.3, 0.4) is 0 Å². The largest absolute Gasteiger partial charge is 0.495 e. The molecule has 1 aliphatic rings. The average Bonchev–Trinajstić information content (AvgIpc) is 3.68. The number of hydrogen-bond acceptors (Lipinski definition) is 7. The van der Waals surface area contributed by atoms with Gasteiger partial charge in [0.2, 0.25) is 5.95 Å². The van der Waals surface area contributed by atoms with Crippen molar-refractivity contribution >= 4 is 34.1 Å². The van der Waals surface area contributed by atoms with Crippen LogP contribution in [0.4, 0.5) is 30.5 Å². The molecule has 0 unspecified atom stereocenters. The second kappa shape index (κ2) is 11.2. The molecule has 0 radical (unpaired) electrons. The van der Waals surface area contributed by atoms with Crippen molar-refractivity contribution in [2.75, 3.05) is 36.1 Å². The quantitative estimate of drug-likeness (QED) is 0.230. The van der Waals surface area contributed by atoms with Crippen LogP contribution < -0.4 is 20.7 Å². The number of nitrogens with zero attached hydrogens (tertiary/aromatic N) is 5. The number of benzene rings is 3. The number of nitrogen functional groups attached to an aromatic ring is 1. The molecule has 0 atom stereocenters. The first-order chi connectivity index (χ1) is 21.0. The molecule has 0 saturated carbocycles. The van der Waals surface area contributed by atoms with Gasteiger partial charge in [0.05, 0.1) is 41.3 Å². The summed E-state index contributed by atoms with van der Waals surface area (Å²) in [5, 5.41) is 7.77. The van der Waals surface area contributed by atoms with Crippen LogP contribution in [-0.4, -0.2) is 45.9 Å². The summed E-state index contributed by atoms with van der Waals surface area (Å²) in [4.78, 5) is 24.3. The summed E-state index contributed by atoms with van der Waals surface area (Å²) in [5.74, 6) is 0.0722. The van der Waals surface area contributed by atoms with Gasteiger partial charge < -0.3 is 20.7 Å². The Balaban J connectivity index is 1.46. The molecule has 226 valence electrons. The van der Waals surface area contributed by atoms with E-state index in [1.54, 1.807) is 49.4 Å². The third-order valence-electron chi connectivity index (χ3n) is 7.85. The van der Waals surface area contributed by atoms with Gasteiger partial charge >= 0.3 is 6.18 Å². The number of aryl methyl sites for hydroxylation is 2. The fourth-order valence-corrected chi connectivity index (χ4v) is 5.70. The molecule has 6 rings (SSSR count). The van der Waals surface area contributed by atoms with Crippen LogP contribution in [-0.2, 0) is 13.2 Å². The fourth-order valence-electron chi connectivity index (χ4n) is 5.70. The van der Waals surface area contributed by atoms with Gasteiger partial charge in [0.15, 0.2) is 0 Å².